The maximum absolute atomic E-state index is 13.0. The van der Waals surface area contributed by atoms with Gasteiger partial charge in [0.1, 0.15) is 5.82 Å². The zero-order chi connectivity index (χ0) is 20.9. The third-order valence-corrected chi connectivity index (χ3v) is 5.51. The molecule has 0 saturated carbocycles. The monoisotopic (exact) mass is 414 g/mol. The molecule has 9 heteroatoms. The van der Waals surface area contributed by atoms with E-state index in [-0.39, 0.29) is 34.9 Å². The Morgan fingerprint density at radius 1 is 1.03 bits per heavy atom. The SMILES string of the molecule is CC(CC(=O)Nc1ccc(S(=O)(=O)Nc2ncccn2)cc1)c1ccc(F)cc1. The molecule has 7 nitrogen and oxygen atoms in total. The summed E-state index contributed by atoms with van der Waals surface area (Å²) < 4.78 is 40.0. The summed E-state index contributed by atoms with van der Waals surface area (Å²) >= 11 is 0. The quantitative estimate of drug-likeness (QED) is 0.616. The number of hydrogen-bond donors (Lipinski definition) is 2. The average molecular weight is 414 g/mol. The van der Waals surface area contributed by atoms with Crippen molar-refractivity contribution >= 4 is 27.6 Å². The highest BCUT2D eigenvalue weighted by molar-refractivity contribution is 7.92. The van der Waals surface area contributed by atoms with Crippen LogP contribution in [-0.2, 0) is 14.8 Å². The molecule has 0 fully saturated rings. The average Bonchev–Trinajstić information content (AvgIpc) is 2.69. The van der Waals surface area contributed by atoms with Gasteiger partial charge in [0.25, 0.3) is 10.0 Å². The highest BCUT2D eigenvalue weighted by Gasteiger charge is 2.16. The zero-order valence-electron chi connectivity index (χ0n) is 15.5. The minimum absolute atomic E-state index is 0.0163. The predicted molar refractivity (Wildman–Crippen MR) is 107 cm³/mol. The van der Waals surface area contributed by atoms with Gasteiger partial charge in [0, 0.05) is 24.5 Å². The van der Waals surface area contributed by atoms with E-state index >= 15 is 0 Å². The molecule has 0 aliphatic carbocycles. The van der Waals surface area contributed by atoms with Gasteiger partial charge in [0.15, 0.2) is 0 Å². The van der Waals surface area contributed by atoms with Crippen molar-refractivity contribution in [3.63, 3.8) is 0 Å². The van der Waals surface area contributed by atoms with Crippen LogP contribution in [0.4, 0.5) is 16.0 Å². The Labute approximate surface area is 168 Å². The fourth-order valence-electron chi connectivity index (χ4n) is 2.65. The number of nitrogens with one attached hydrogen (secondary N) is 2. The van der Waals surface area contributed by atoms with Crippen LogP contribution in [0.3, 0.4) is 0 Å². The zero-order valence-corrected chi connectivity index (χ0v) is 16.4. The van der Waals surface area contributed by atoms with Gasteiger partial charge in [-0.3, -0.25) is 4.79 Å². The number of aromatic nitrogens is 2. The number of nitrogens with zero attached hydrogens (tertiary/aromatic N) is 2. The topological polar surface area (TPSA) is 101 Å². The van der Waals surface area contributed by atoms with E-state index in [4.69, 9.17) is 0 Å². The molecular formula is C20H19FN4O3S. The summed E-state index contributed by atoms with van der Waals surface area (Å²) in [5.74, 6) is -0.674. The van der Waals surface area contributed by atoms with E-state index in [0.717, 1.165) is 5.56 Å². The van der Waals surface area contributed by atoms with Gasteiger partial charge < -0.3 is 5.32 Å². The van der Waals surface area contributed by atoms with E-state index in [1.54, 1.807) is 18.2 Å². The van der Waals surface area contributed by atoms with Crippen molar-refractivity contribution < 1.29 is 17.6 Å². The number of carbonyl (C=O) groups is 1. The summed E-state index contributed by atoms with van der Waals surface area (Å²) in [5.41, 5.74) is 1.33. The van der Waals surface area contributed by atoms with Gasteiger partial charge in [-0.2, -0.15) is 0 Å². The number of amides is 1. The number of hydrogen-bond acceptors (Lipinski definition) is 5. The Bertz CT molecular complexity index is 1070. The molecular weight excluding hydrogens is 395 g/mol. The fraction of sp³-hybridized carbons (Fsp3) is 0.150. The Morgan fingerprint density at radius 3 is 2.28 bits per heavy atom. The van der Waals surface area contributed by atoms with Crippen molar-refractivity contribution in [1.82, 2.24) is 9.97 Å². The lowest BCUT2D eigenvalue weighted by molar-refractivity contribution is -0.116. The molecule has 3 aromatic rings. The molecule has 29 heavy (non-hydrogen) atoms. The van der Waals surface area contributed by atoms with E-state index in [1.165, 1.54) is 48.8 Å². The standard InChI is InChI=1S/C20H19FN4O3S/c1-14(15-3-5-16(21)6-4-15)13-19(26)24-17-7-9-18(10-8-17)29(27,28)25-20-22-11-2-12-23-20/h2-12,14H,13H2,1H3,(H,24,26)(H,22,23,25). The molecule has 0 spiro atoms. The van der Waals surface area contributed by atoms with Gasteiger partial charge in [-0.15, -0.1) is 0 Å². The van der Waals surface area contributed by atoms with Crippen molar-refractivity contribution in [2.45, 2.75) is 24.2 Å². The van der Waals surface area contributed by atoms with Crippen LogP contribution >= 0.6 is 0 Å². The van der Waals surface area contributed by atoms with Gasteiger partial charge in [-0.25, -0.2) is 27.5 Å². The van der Waals surface area contributed by atoms with E-state index < -0.39 is 10.0 Å². The first-order chi connectivity index (χ1) is 13.8. The van der Waals surface area contributed by atoms with Gasteiger partial charge in [-0.1, -0.05) is 19.1 Å². The summed E-state index contributed by atoms with van der Waals surface area (Å²) in [6.45, 7) is 1.87. The van der Waals surface area contributed by atoms with Crippen LogP contribution in [0.5, 0.6) is 0 Å². The smallest absolute Gasteiger partial charge is 0.264 e. The van der Waals surface area contributed by atoms with Crippen LogP contribution in [-0.4, -0.2) is 24.3 Å². The van der Waals surface area contributed by atoms with Crippen LogP contribution in [0.1, 0.15) is 24.8 Å². The maximum atomic E-state index is 13.0. The molecule has 0 saturated heterocycles. The minimum Gasteiger partial charge on any atom is -0.326 e. The lowest BCUT2D eigenvalue weighted by Crippen LogP contribution is -2.16. The molecule has 2 N–H and O–H groups in total. The molecule has 0 bridgehead atoms. The van der Waals surface area contributed by atoms with Crippen LogP contribution in [0, 0.1) is 5.82 Å². The largest absolute Gasteiger partial charge is 0.326 e. The fourth-order valence-corrected chi connectivity index (χ4v) is 3.61. The van der Waals surface area contributed by atoms with E-state index in [2.05, 4.69) is 20.0 Å². The van der Waals surface area contributed by atoms with Crippen molar-refractivity contribution in [2.24, 2.45) is 0 Å². The molecule has 0 radical (unpaired) electrons. The van der Waals surface area contributed by atoms with Crippen LogP contribution in [0.2, 0.25) is 0 Å². The first kappa shape index (κ1) is 20.4. The second-order valence-electron chi connectivity index (χ2n) is 6.41. The van der Waals surface area contributed by atoms with Gasteiger partial charge in [0.2, 0.25) is 11.9 Å². The second kappa shape index (κ2) is 8.78. The highest BCUT2D eigenvalue weighted by atomic mass is 32.2. The van der Waals surface area contributed by atoms with E-state index in [9.17, 15) is 17.6 Å². The lowest BCUT2D eigenvalue weighted by Gasteiger charge is -2.12. The van der Waals surface area contributed by atoms with Crippen molar-refractivity contribution in [2.75, 3.05) is 10.0 Å². The Hall–Kier alpha value is -3.33. The summed E-state index contributed by atoms with van der Waals surface area (Å²) in [6.07, 6.45) is 3.06. The Morgan fingerprint density at radius 2 is 1.66 bits per heavy atom. The first-order valence-corrected chi connectivity index (χ1v) is 10.3. The molecule has 1 heterocycles. The van der Waals surface area contributed by atoms with Crippen LogP contribution in [0.15, 0.2) is 71.9 Å². The predicted octanol–water partition coefficient (Wildman–Crippen LogP) is 3.55. The molecule has 1 aromatic heterocycles. The summed E-state index contributed by atoms with van der Waals surface area (Å²) in [7, 11) is -3.84. The number of carbonyl (C=O) groups excluding carboxylic acids is 1. The maximum Gasteiger partial charge on any atom is 0.264 e. The van der Waals surface area contributed by atoms with Crippen LogP contribution in [0.25, 0.3) is 0 Å². The van der Waals surface area contributed by atoms with Crippen LogP contribution < -0.4 is 10.0 Å². The molecule has 150 valence electrons. The molecule has 3 rings (SSSR count). The van der Waals surface area contributed by atoms with Gasteiger partial charge in [0.05, 0.1) is 4.90 Å². The van der Waals surface area contributed by atoms with Gasteiger partial charge in [-0.05, 0) is 53.9 Å². The highest BCUT2D eigenvalue weighted by Crippen LogP contribution is 2.21. The van der Waals surface area contributed by atoms with Crippen molar-refractivity contribution in [3.8, 4) is 0 Å². The molecule has 0 aliphatic rings. The Kier molecular flexibility index (Phi) is 6.18. The van der Waals surface area contributed by atoms with Crippen molar-refractivity contribution in [1.29, 1.82) is 0 Å². The van der Waals surface area contributed by atoms with E-state index in [0.29, 0.717) is 5.69 Å². The van der Waals surface area contributed by atoms with Gasteiger partial charge >= 0.3 is 0 Å². The number of sulfonamides is 1. The van der Waals surface area contributed by atoms with Crippen molar-refractivity contribution in [3.05, 3.63) is 78.4 Å². The summed E-state index contributed by atoms with van der Waals surface area (Å²) in [5, 5.41) is 2.73. The number of benzene rings is 2. The second-order valence-corrected chi connectivity index (χ2v) is 8.09. The normalized spacial score (nSPS) is 12.2. The lowest BCUT2D eigenvalue weighted by atomic mass is 9.97. The third kappa shape index (κ3) is 5.58. The number of anilines is 2. The number of rotatable bonds is 7. The third-order valence-electron chi connectivity index (χ3n) is 4.17. The molecule has 1 amide bonds. The number of halogens is 1. The first-order valence-electron chi connectivity index (χ1n) is 8.79. The molecule has 1 unspecified atom stereocenters. The minimum atomic E-state index is -3.84. The molecule has 2 aromatic carbocycles. The summed E-state index contributed by atoms with van der Waals surface area (Å²) in [6, 6.07) is 13.4. The summed E-state index contributed by atoms with van der Waals surface area (Å²) in [4.78, 5) is 19.9. The molecule has 1 atom stereocenters. The molecule has 0 aliphatic heterocycles. The Balaban J connectivity index is 1.61. The van der Waals surface area contributed by atoms with E-state index in [1.807, 2.05) is 6.92 Å².